The van der Waals surface area contributed by atoms with Gasteiger partial charge in [-0.15, -0.1) is 0 Å². The van der Waals surface area contributed by atoms with Crippen molar-refractivity contribution in [2.45, 2.75) is 20.8 Å². The van der Waals surface area contributed by atoms with E-state index in [-0.39, 0.29) is 0 Å². The number of aromatic amines is 1. The molecular weight excluding hydrogens is 210 g/mol. The van der Waals surface area contributed by atoms with Gasteiger partial charge in [-0.05, 0) is 20.8 Å². The Morgan fingerprint density at radius 3 is 2.19 bits per heavy atom. The van der Waals surface area contributed by atoms with Gasteiger partial charge in [0.1, 0.15) is 0 Å². The van der Waals surface area contributed by atoms with Crippen LogP contribution in [0.1, 0.15) is 20.8 Å². The summed E-state index contributed by atoms with van der Waals surface area (Å²) in [6.45, 7) is 5.16. The normalized spacial score (nSPS) is 10.7. The van der Waals surface area contributed by atoms with E-state index in [0.29, 0.717) is 0 Å². The van der Waals surface area contributed by atoms with E-state index in [1.807, 2.05) is 0 Å². The van der Waals surface area contributed by atoms with Crippen LogP contribution >= 0.6 is 0 Å². The van der Waals surface area contributed by atoms with Crippen molar-refractivity contribution in [1.82, 2.24) is 14.1 Å². The lowest BCUT2D eigenvalue weighted by Crippen LogP contribution is -2.46. The fourth-order valence-corrected chi connectivity index (χ4v) is 1.15. The minimum absolute atomic E-state index is 0.687. The molecule has 1 aromatic heterocycles. The summed E-state index contributed by atoms with van der Waals surface area (Å²) in [4.78, 5) is 36.5. The molecule has 0 aliphatic heterocycles. The van der Waals surface area contributed by atoms with E-state index in [1.165, 1.54) is 18.5 Å². The molecule has 16 heavy (non-hydrogen) atoms. The smallest absolute Gasteiger partial charge is 0.258 e. The van der Waals surface area contributed by atoms with Crippen LogP contribution in [0.4, 0.5) is 0 Å². The van der Waals surface area contributed by atoms with E-state index in [4.69, 9.17) is 0 Å². The molecule has 0 saturated heterocycles. The molecule has 0 aliphatic carbocycles. The molecule has 0 bridgehead atoms. The van der Waals surface area contributed by atoms with Gasteiger partial charge in [0.05, 0.1) is 0 Å². The van der Waals surface area contributed by atoms with E-state index < -0.39 is 17.1 Å². The van der Waals surface area contributed by atoms with Gasteiger partial charge in [0.15, 0.2) is 0 Å². The van der Waals surface area contributed by atoms with Gasteiger partial charge in [0.25, 0.3) is 0 Å². The molecule has 0 spiro atoms. The summed E-state index contributed by atoms with van der Waals surface area (Å²) < 4.78 is 1.69. The van der Waals surface area contributed by atoms with Gasteiger partial charge >= 0.3 is 17.1 Å². The zero-order valence-electron chi connectivity index (χ0n) is 9.35. The lowest BCUT2D eigenvalue weighted by atomic mass is 10.4. The molecule has 86 valence electrons. The first-order valence-corrected chi connectivity index (χ1v) is 4.72. The largest absolute Gasteiger partial charge is 0.344 e. The van der Waals surface area contributed by atoms with Crippen LogP contribution in [-0.2, 0) is 0 Å². The zero-order chi connectivity index (χ0) is 12.3. The highest BCUT2D eigenvalue weighted by atomic mass is 16.2. The van der Waals surface area contributed by atoms with Gasteiger partial charge in [-0.3, -0.25) is 4.98 Å². The van der Waals surface area contributed by atoms with Gasteiger partial charge in [0.2, 0.25) is 0 Å². The highest BCUT2D eigenvalue weighted by Gasteiger charge is 2.04. The zero-order valence-corrected chi connectivity index (χ0v) is 9.35. The SMILES string of the molecule is C/C=C/n1c(=O)[nH]c(=O)n(C=C(C)C)c1=O. The van der Waals surface area contributed by atoms with E-state index in [9.17, 15) is 14.4 Å². The Kier molecular flexibility index (Phi) is 3.44. The summed E-state index contributed by atoms with van der Waals surface area (Å²) in [5.41, 5.74) is -1.39. The highest BCUT2D eigenvalue weighted by Crippen LogP contribution is 1.87. The van der Waals surface area contributed by atoms with Crippen molar-refractivity contribution in [2.75, 3.05) is 0 Å². The Morgan fingerprint density at radius 1 is 1.12 bits per heavy atom. The van der Waals surface area contributed by atoms with Gasteiger partial charge in [-0.1, -0.05) is 11.6 Å². The van der Waals surface area contributed by atoms with Crippen molar-refractivity contribution < 1.29 is 0 Å². The molecule has 1 N–H and O–H groups in total. The Morgan fingerprint density at radius 2 is 1.69 bits per heavy atom. The lowest BCUT2D eigenvalue weighted by Gasteiger charge is -2.01. The first kappa shape index (κ1) is 12.0. The van der Waals surface area contributed by atoms with Crippen LogP contribution in [0.3, 0.4) is 0 Å². The van der Waals surface area contributed by atoms with E-state index in [2.05, 4.69) is 4.98 Å². The van der Waals surface area contributed by atoms with Crippen LogP contribution in [0.25, 0.3) is 12.4 Å². The van der Waals surface area contributed by atoms with Crippen molar-refractivity contribution in [1.29, 1.82) is 0 Å². The number of rotatable bonds is 2. The fraction of sp³-hybridized carbons (Fsp3) is 0.300. The number of nitrogens with zero attached hydrogens (tertiary/aromatic N) is 2. The molecule has 0 fully saturated rings. The van der Waals surface area contributed by atoms with Crippen molar-refractivity contribution >= 4 is 12.4 Å². The van der Waals surface area contributed by atoms with E-state index in [0.717, 1.165) is 14.7 Å². The van der Waals surface area contributed by atoms with Gasteiger partial charge in [0, 0.05) is 12.4 Å². The molecule has 0 atom stereocenters. The third kappa shape index (κ3) is 2.28. The molecule has 1 aromatic rings. The topological polar surface area (TPSA) is 76.9 Å². The Balaban J connectivity index is 3.72. The second-order valence-electron chi connectivity index (χ2n) is 3.45. The molecule has 0 saturated carbocycles. The molecule has 1 rings (SSSR count). The maximum absolute atomic E-state index is 11.7. The predicted octanol–water partition coefficient (Wildman–Crippen LogP) is 0.0696. The van der Waals surface area contributed by atoms with Gasteiger partial charge < -0.3 is 0 Å². The summed E-state index contributed by atoms with van der Waals surface area (Å²) in [6, 6.07) is 0. The first-order valence-electron chi connectivity index (χ1n) is 4.72. The molecule has 6 heteroatoms. The van der Waals surface area contributed by atoms with Crippen LogP contribution in [0.2, 0.25) is 0 Å². The van der Waals surface area contributed by atoms with Crippen molar-refractivity contribution in [3.8, 4) is 0 Å². The number of hydrogen-bond donors (Lipinski definition) is 1. The van der Waals surface area contributed by atoms with Gasteiger partial charge in [-0.2, -0.15) is 0 Å². The first-order chi connectivity index (χ1) is 7.47. The Labute approximate surface area is 91.2 Å². The van der Waals surface area contributed by atoms with E-state index >= 15 is 0 Å². The molecule has 0 radical (unpaired) electrons. The number of nitrogens with one attached hydrogen (secondary N) is 1. The number of aromatic nitrogens is 3. The molecule has 1 heterocycles. The molecule has 0 aliphatic rings. The monoisotopic (exact) mass is 223 g/mol. The molecular formula is C10H13N3O3. The summed E-state index contributed by atoms with van der Waals surface area (Å²) in [7, 11) is 0. The van der Waals surface area contributed by atoms with Crippen LogP contribution in [-0.4, -0.2) is 14.1 Å². The van der Waals surface area contributed by atoms with Crippen molar-refractivity contribution in [3.05, 3.63) is 43.1 Å². The molecule has 6 nitrogen and oxygen atoms in total. The fourth-order valence-electron chi connectivity index (χ4n) is 1.15. The number of H-pyrrole nitrogens is 1. The van der Waals surface area contributed by atoms with E-state index in [1.54, 1.807) is 20.8 Å². The predicted molar refractivity (Wildman–Crippen MR) is 62.2 cm³/mol. The van der Waals surface area contributed by atoms with Crippen LogP contribution in [0, 0.1) is 0 Å². The average molecular weight is 223 g/mol. The maximum Gasteiger partial charge on any atom is 0.344 e. The second-order valence-corrected chi connectivity index (χ2v) is 3.45. The maximum atomic E-state index is 11.7. The second kappa shape index (κ2) is 4.61. The van der Waals surface area contributed by atoms with Gasteiger partial charge in [-0.25, -0.2) is 23.5 Å². The van der Waals surface area contributed by atoms with Crippen molar-refractivity contribution in [2.24, 2.45) is 0 Å². The summed E-state index contributed by atoms with van der Waals surface area (Å²) >= 11 is 0. The summed E-state index contributed by atoms with van der Waals surface area (Å²) in [5.74, 6) is 0. The minimum atomic E-state index is -0.744. The number of hydrogen-bond acceptors (Lipinski definition) is 3. The molecule has 0 aromatic carbocycles. The Bertz CT molecular complexity index is 609. The van der Waals surface area contributed by atoms with Crippen LogP contribution in [0.15, 0.2) is 26.0 Å². The number of allylic oxidation sites excluding steroid dienone is 2. The lowest BCUT2D eigenvalue weighted by molar-refractivity contribution is 0.753. The summed E-state index contributed by atoms with van der Waals surface area (Å²) in [6.07, 6.45) is 4.21. The van der Waals surface area contributed by atoms with Crippen LogP contribution in [0.5, 0.6) is 0 Å². The minimum Gasteiger partial charge on any atom is -0.258 e. The summed E-state index contributed by atoms with van der Waals surface area (Å²) in [5, 5.41) is 0. The molecule has 0 unspecified atom stereocenters. The van der Waals surface area contributed by atoms with Crippen molar-refractivity contribution in [3.63, 3.8) is 0 Å². The third-order valence-electron chi connectivity index (χ3n) is 1.75. The molecule has 0 amide bonds. The highest BCUT2D eigenvalue weighted by molar-refractivity contribution is 5.28. The Hall–Kier alpha value is -2.11. The standard InChI is InChI=1S/C10H13N3O3/c1-4-5-12-8(14)11-9(15)13(10(12)16)6-7(2)3/h4-6H,1-3H3,(H,11,14,15)/b5-4+. The quantitative estimate of drug-likeness (QED) is 0.770. The average Bonchev–Trinajstić information content (AvgIpc) is 2.19. The third-order valence-corrected chi connectivity index (χ3v) is 1.75. The van der Waals surface area contributed by atoms with Crippen LogP contribution < -0.4 is 17.1 Å².